The van der Waals surface area contributed by atoms with Crippen molar-refractivity contribution in [3.8, 4) is 0 Å². The van der Waals surface area contributed by atoms with Gasteiger partial charge in [0.25, 0.3) is 0 Å². The van der Waals surface area contributed by atoms with E-state index in [1.54, 1.807) is 13.8 Å². The molecule has 0 radical (unpaired) electrons. The van der Waals surface area contributed by atoms with Crippen molar-refractivity contribution in [2.45, 2.75) is 33.6 Å². The molecule has 19 heavy (non-hydrogen) atoms. The molecule has 0 amide bonds. The van der Waals surface area contributed by atoms with Crippen LogP contribution in [0.25, 0.3) is 0 Å². The van der Waals surface area contributed by atoms with Gasteiger partial charge in [0.05, 0.1) is 26.1 Å². The summed E-state index contributed by atoms with van der Waals surface area (Å²) >= 11 is 0. The van der Waals surface area contributed by atoms with Crippen LogP contribution in [0.5, 0.6) is 0 Å². The molecule has 1 aromatic rings. The van der Waals surface area contributed by atoms with E-state index in [0.29, 0.717) is 13.2 Å². The van der Waals surface area contributed by atoms with E-state index in [0.717, 1.165) is 16.7 Å². The van der Waals surface area contributed by atoms with Gasteiger partial charge in [0.2, 0.25) is 0 Å². The number of benzene rings is 1. The molecule has 0 saturated heterocycles. The number of aryl methyl sites for hydroxylation is 1. The smallest absolute Gasteiger partial charge is 0.310 e. The van der Waals surface area contributed by atoms with Crippen LogP contribution in [-0.4, -0.2) is 25.2 Å². The average molecular weight is 264 g/mol. The lowest BCUT2D eigenvalue weighted by molar-refractivity contribution is -0.143. The van der Waals surface area contributed by atoms with Gasteiger partial charge in [0, 0.05) is 0 Å². The van der Waals surface area contributed by atoms with Crippen molar-refractivity contribution in [1.82, 2.24) is 0 Å². The molecule has 0 aliphatic carbocycles. The van der Waals surface area contributed by atoms with Crippen LogP contribution < -0.4 is 0 Å². The molecular formula is C15H20O4. The fourth-order valence-corrected chi connectivity index (χ4v) is 1.83. The van der Waals surface area contributed by atoms with E-state index in [-0.39, 0.29) is 24.8 Å². The number of esters is 2. The fourth-order valence-electron chi connectivity index (χ4n) is 1.83. The first kappa shape index (κ1) is 15.2. The molecule has 0 aliphatic rings. The first-order chi connectivity index (χ1) is 9.06. The van der Waals surface area contributed by atoms with E-state index in [9.17, 15) is 9.59 Å². The van der Waals surface area contributed by atoms with Crippen molar-refractivity contribution < 1.29 is 19.1 Å². The molecule has 0 saturated carbocycles. The summed E-state index contributed by atoms with van der Waals surface area (Å²) in [4.78, 5) is 23.1. The van der Waals surface area contributed by atoms with Crippen LogP contribution in [0.2, 0.25) is 0 Å². The van der Waals surface area contributed by atoms with Crippen LogP contribution in [0.15, 0.2) is 18.2 Å². The largest absolute Gasteiger partial charge is 0.466 e. The maximum Gasteiger partial charge on any atom is 0.310 e. The number of ether oxygens (including phenoxy) is 2. The van der Waals surface area contributed by atoms with Crippen LogP contribution in [0.3, 0.4) is 0 Å². The SMILES string of the molecule is CCOC(=O)Cc1ccc(C)cc1CC(=O)OCC. The average Bonchev–Trinajstić information content (AvgIpc) is 2.33. The van der Waals surface area contributed by atoms with Gasteiger partial charge in [0.1, 0.15) is 0 Å². The summed E-state index contributed by atoms with van der Waals surface area (Å²) in [5, 5.41) is 0. The Morgan fingerprint density at radius 2 is 1.47 bits per heavy atom. The van der Waals surface area contributed by atoms with Gasteiger partial charge in [-0.25, -0.2) is 0 Å². The van der Waals surface area contributed by atoms with Crippen LogP contribution >= 0.6 is 0 Å². The van der Waals surface area contributed by atoms with Crippen molar-refractivity contribution in [1.29, 1.82) is 0 Å². The summed E-state index contributed by atoms with van der Waals surface area (Å²) in [6.07, 6.45) is 0.368. The lowest BCUT2D eigenvalue weighted by Crippen LogP contribution is -2.13. The van der Waals surface area contributed by atoms with Gasteiger partial charge in [-0.05, 0) is 31.9 Å². The molecule has 0 unspecified atom stereocenters. The van der Waals surface area contributed by atoms with Crippen LogP contribution in [0.4, 0.5) is 0 Å². The quantitative estimate of drug-likeness (QED) is 0.739. The van der Waals surface area contributed by atoms with E-state index in [1.165, 1.54) is 0 Å². The Hall–Kier alpha value is -1.84. The number of carbonyl (C=O) groups is 2. The molecule has 0 bridgehead atoms. The molecule has 1 rings (SSSR count). The molecule has 0 heterocycles. The molecule has 0 aliphatic heterocycles. The molecule has 0 N–H and O–H groups in total. The van der Waals surface area contributed by atoms with Gasteiger partial charge in [0.15, 0.2) is 0 Å². The highest BCUT2D eigenvalue weighted by molar-refractivity contribution is 5.76. The third-order valence-electron chi connectivity index (χ3n) is 2.64. The van der Waals surface area contributed by atoms with Crippen molar-refractivity contribution in [3.05, 3.63) is 34.9 Å². The highest BCUT2D eigenvalue weighted by Crippen LogP contribution is 2.14. The number of carbonyl (C=O) groups excluding carboxylic acids is 2. The zero-order valence-electron chi connectivity index (χ0n) is 11.7. The minimum absolute atomic E-state index is 0.183. The summed E-state index contributed by atoms with van der Waals surface area (Å²) in [7, 11) is 0. The summed E-state index contributed by atoms with van der Waals surface area (Å²) in [6.45, 7) is 6.21. The Labute approximate surface area is 113 Å². The molecule has 0 spiro atoms. The fraction of sp³-hybridized carbons (Fsp3) is 0.467. The van der Waals surface area contributed by atoms with Crippen molar-refractivity contribution in [2.75, 3.05) is 13.2 Å². The monoisotopic (exact) mass is 264 g/mol. The number of hydrogen-bond acceptors (Lipinski definition) is 4. The lowest BCUT2D eigenvalue weighted by Gasteiger charge is -2.10. The highest BCUT2D eigenvalue weighted by Gasteiger charge is 2.12. The maximum atomic E-state index is 11.5. The molecule has 4 heteroatoms. The van der Waals surface area contributed by atoms with E-state index in [4.69, 9.17) is 9.47 Å². The lowest BCUT2D eigenvalue weighted by atomic mass is 9.99. The minimum atomic E-state index is -0.281. The molecular weight excluding hydrogens is 244 g/mol. The van der Waals surface area contributed by atoms with Crippen molar-refractivity contribution in [2.24, 2.45) is 0 Å². The molecule has 0 atom stereocenters. The molecule has 0 fully saturated rings. The standard InChI is InChI=1S/C15H20O4/c1-4-18-14(16)9-12-7-6-11(3)8-13(12)10-15(17)19-5-2/h6-8H,4-5,9-10H2,1-3H3. The van der Waals surface area contributed by atoms with Crippen molar-refractivity contribution in [3.63, 3.8) is 0 Å². The predicted molar refractivity (Wildman–Crippen MR) is 71.9 cm³/mol. The Kier molecular flexibility index (Phi) is 6.06. The molecule has 1 aromatic carbocycles. The van der Waals surface area contributed by atoms with Gasteiger partial charge in [-0.2, -0.15) is 0 Å². The van der Waals surface area contributed by atoms with E-state index in [2.05, 4.69) is 0 Å². The van der Waals surface area contributed by atoms with Crippen LogP contribution in [-0.2, 0) is 31.9 Å². The summed E-state index contributed by atoms with van der Waals surface area (Å²) in [5.74, 6) is -0.560. The molecule has 104 valence electrons. The Balaban J connectivity index is 2.85. The van der Waals surface area contributed by atoms with Crippen molar-refractivity contribution >= 4 is 11.9 Å². The topological polar surface area (TPSA) is 52.6 Å². The second-order valence-corrected chi connectivity index (χ2v) is 4.24. The summed E-state index contributed by atoms with van der Waals surface area (Å²) in [6, 6.07) is 5.69. The van der Waals surface area contributed by atoms with Gasteiger partial charge < -0.3 is 9.47 Å². The van der Waals surface area contributed by atoms with E-state index >= 15 is 0 Å². The predicted octanol–water partition coefficient (Wildman–Crippen LogP) is 2.21. The minimum Gasteiger partial charge on any atom is -0.466 e. The third-order valence-corrected chi connectivity index (χ3v) is 2.64. The highest BCUT2D eigenvalue weighted by atomic mass is 16.5. The second kappa shape index (κ2) is 7.56. The van der Waals surface area contributed by atoms with Crippen LogP contribution in [0.1, 0.15) is 30.5 Å². The summed E-state index contributed by atoms with van der Waals surface area (Å²) in [5.41, 5.74) is 2.69. The first-order valence-corrected chi connectivity index (χ1v) is 6.46. The maximum absolute atomic E-state index is 11.5. The summed E-state index contributed by atoms with van der Waals surface area (Å²) < 4.78 is 9.87. The Bertz CT molecular complexity index is 451. The number of hydrogen-bond donors (Lipinski definition) is 0. The molecule has 4 nitrogen and oxygen atoms in total. The van der Waals surface area contributed by atoms with Gasteiger partial charge in [-0.15, -0.1) is 0 Å². The Morgan fingerprint density at radius 3 is 2.00 bits per heavy atom. The van der Waals surface area contributed by atoms with Gasteiger partial charge in [-0.1, -0.05) is 23.8 Å². The van der Waals surface area contributed by atoms with Crippen LogP contribution in [0, 0.1) is 6.92 Å². The normalized spacial score (nSPS) is 10.1. The zero-order valence-corrected chi connectivity index (χ0v) is 11.7. The molecule has 0 aromatic heterocycles. The zero-order chi connectivity index (χ0) is 14.3. The van der Waals surface area contributed by atoms with E-state index in [1.807, 2.05) is 25.1 Å². The Morgan fingerprint density at radius 1 is 0.947 bits per heavy atom. The number of rotatable bonds is 6. The van der Waals surface area contributed by atoms with Gasteiger partial charge in [-0.3, -0.25) is 9.59 Å². The second-order valence-electron chi connectivity index (χ2n) is 4.24. The van der Waals surface area contributed by atoms with Gasteiger partial charge >= 0.3 is 11.9 Å². The van der Waals surface area contributed by atoms with E-state index < -0.39 is 0 Å². The first-order valence-electron chi connectivity index (χ1n) is 6.46. The third kappa shape index (κ3) is 5.12.